The molecule has 0 saturated carbocycles. The van der Waals surface area contributed by atoms with Gasteiger partial charge >= 0.3 is 7.48 Å². The number of Topliss-reactive ketones (excluding diaryl/α,β-unsaturated/α-hetero) is 1. The van der Waals surface area contributed by atoms with Crippen LogP contribution < -0.4 is 5.46 Å². The number of rotatable bonds is 4. The summed E-state index contributed by atoms with van der Waals surface area (Å²) in [5.74, 6) is 0.201. The van der Waals surface area contributed by atoms with Crippen molar-refractivity contribution in [1.29, 1.82) is 0 Å². The number of carbonyl (C=O) groups excluding carboxylic acids is 1. The number of hydrogen-bond donors (Lipinski definition) is 1. The lowest BCUT2D eigenvalue weighted by Crippen LogP contribution is -2.49. The van der Waals surface area contributed by atoms with Crippen LogP contribution in [0.2, 0.25) is 0 Å². The summed E-state index contributed by atoms with van der Waals surface area (Å²) in [5.41, 5.74) is 1.15. The Labute approximate surface area is 115 Å². The molecule has 0 saturated heterocycles. The normalized spacial score (nSPS) is 15.5. The van der Waals surface area contributed by atoms with Crippen molar-refractivity contribution >= 4 is 18.7 Å². The van der Waals surface area contributed by atoms with Crippen molar-refractivity contribution in [2.45, 2.75) is 51.7 Å². The average molecular weight is 259 g/mol. The van der Waals surface area contributed by atoms with Crippen LogP contribution in [0.3, 0.4) is 0 Å². The maximum absolute atomic E-state index is 11.7. The maximum Gasteiger partial charge on any atom is 0.331 e. The zero-order valence-electron chi connectivity index (χ0n) is 12.0. The van der Waals surface area contributed by atoms with Gasteiger partial charge in [0.05, 0.1) is 11.2 Å². The fourth-order valence-electron chi connectivity index (χ4n) is 1.98. The summed E-state index contributed by atoms with van der Waals surface area (Å²) in [7, 11) is 1.66. The predicted octanol–water partition coefficient (Wildman–Crippen LogP) is 1.63. The van der Waals surface area contributed by atoms with Crippen molar-refractivity contribution in [3.05, 3.63) is 29.3 Å². The van der Waals surface area contributed by atoms with Crippen LogP contribution in [0, 0.1) is 0 Å². The van der Waals surface area contributed by atoms with Gasteiger partial charge in [-0.3, -0.25) is 4.79 Å². The van der Waals surface area contributed by atoms with Crippen LogP contribution in [0.25, 0.3) is 0 Å². The third-order valence-corrected chi connectivity index (χ3v) is 4.07. The van der Waals surface area contributed by atoms with Crippen LogP contribution in [0.4, 0.5) is 0 Å². The molecule has 0 fully saturated rings. The summed E-state index contributed by atoms with van der Waals surface area (Å²) in [6, 6.07) is 5.68. The molecule has 3 nitrogen and oxygen atoms in total. The van der Waals surface area contributed by atoms with E-state index in [0.29, 0.717) is 6.42 Å². The van der Waals surface area contributed by atoms with Crippen molar-refractivity contribution in [2.24, 2.45) is 0 Å². The third kappa shape index (κ3) is 2.75. The van der Waals surface area contributed by atoms with E-state index in [-0.39, 0.29) is 5.78 Å². The molecule has 1 aliphatic carbocycles. The van der Waals surface area contributed by atoms with Gasteiger partial charge in [-0.05, 0) is 45.1 Å². The first kappa shape index (κ1) is 14.3. The van der Waals surface area contributed by atoms with E-state index in [9.17, 15) is 9.90 Å². The van der Waals surface area contributed by atoms with Crippen LogP contribution in [-0.2, 0) is 11.1 Å². The quantitative estimate of drug-likeness (QED) is 0.836. The van der Waals surface area contributed by atoms with Gasteiger partial charge in [-0.2, -0.15) is 0 Å². The first-order valence-electron chi connectivity index (χ1n) is 6.61. The number of hydrogen-bond acceptors (Lipinski definition) is 3. The lowest BCUT2D eigenvalue weighted by Gasteiger charge is -2.37. The Hall–Kier alpha value is -1.13. The third-order valence-electron chi connectivity index (χ3n) is 4.07. The van der Waals surface area contributed by atoms with Gasteiger partial charge in [0.1, 0.15) is 0 Å². The first-order chi connectivity index (χ1) is 8.72. The van der Waals surface area contributed by atoms with Gasteiger partial charge in [-0.1, -0.05) is 18.2 Å². The highest BCUT2D eigenvalue weighted by Crippen LogP contribution is 2.25. The molecule has 4 heteroatoms. The minimum atomic E-state index is -0.947. The van der Waals surface area contributed by atoms with Crippen LogP contribution >= 0.6 is 0 Å². The van der Waals surface area contributed by atoms with Gasteiger partial charge in [0.2, 0.25) is 0 Å². The second-order valence-corrected chi connectivity index (χ2v) is 6.10. The molecule has 1 N–H and O–H groups in total. The van der Waals surface area contributed by atoms with E-state index in [1.165, 1.54) is 0 Å². The van der Waals surface area contributed by atoms with Gasteiger partial charge in [-0.25, -0.2) is 0 Å². The number of fused-ring (bicyclic) bond motifs is 1. The fourth-order valence-corrected chi connectivity index (χ4v) is 1.98. The Kier molecular flexibility index (Phi) is 3.58. The molecule has 0 spiro atoms. The molecule has 1 aliphatic rings. The highest BCUT2D eigenvalue weighted by Gasteiger charge is 2.36. The number of benzene rings is 1. The Balaban J connectivity index is 2.16. The van der Waals surface area contributed by atoms with Crippen LogP contribution in [0.1, 0.15) is 50.0 Å². The Morgan fingerprint density at radius 3 is 2.53 bits per heavy atom. The molecule has 0 aliphatic heterocycles. The molecule has 0 unspecified atom stereocenters. The molecule has 19 heavy (non-hydrogen) atoms. The smallest absolute Gasteiger partial charge is 0.331 e. The number of aliphatic hydroxyl groups is 1. The van der Waals surface area contributed by atoms with Gasteiger partial charge in [-0.15, -0.1) is 0 Å². The topological polar surface area (TPSA) is 46.5 Å². The number of ketones is 1. The first-order valence-corrected chi connectivity index (χ1v) is 6.61. The molecular formula is C15H20BO3. The molecule has 101 valence electrons. The van der Waals surface area contributed by atoms with Crippen molar-refractivity contribution in [2.75, 3.05) is 0 Å². The Morgan fingerprint density at radius 1 is 1.21 bits per heavy atom. The lowest BCUT2D eigenvalue weighted by molar-refractivity contribution is -0.0893. The van der Waals surface area contributed by atoms with Crippen LogP contribution in [0.15, 0.2) is 18.2 Å². The zero-order valence-corrected chi connectivity index (χ0v) is 12.0. The summed E-state index contributed by atoms with van der Waals surface area (Å²) in [6.07, 6.45) is 1.35. The van der Waals surface area contributed by atoms with E-state index in [1.54, 1.807) is 21.3 Å². The highest BCUT2D eigenvalue weighted by molar-refractivity contribution is 6.48. The summed E-state index contributed by atoms with van der Waals surface area (Å²) >= 11 is 0. The Morgan fingerprint density at radius 2 is 1.89 bits per heavy atom. The van der Waals surface area contributed by atoms with Gasteiger partial charge in [0, 0.05) is 12.0 Å². The fraction of sp³-hybridized carbons (Fsp3) is 0.533. The molecular weight excluding hydrogens is 239 g/mol. The monoisotopic (exact) mass is 259 g/mol. The van der Waals surface area contributed by atoms with E-state index in [4.69, 9.17) is 4.65 Å². The van der Waals surface area contributed by atoms with Crippen molar-refractivity contribution in [3.8, 4) is 0 Å². The van der Waals surface area contributed by atoms with E-state index < -0.39 is 11.2 Å². The largest absolute Gasteiger partial charge is 0.427 e. The molecule has 2 rings (SSSR count). The second kappa shape index (κ2) is 4.76. The summed E-state index contributed by atoms with van der Waals surface area (Å²) in [5, 5.41) is 10.1. The lowest BCUT2D eigenvalue weighted by atomic mass is 9.79. The van der Waals surface area contributed by atoms with Gasteiger partial charge in [0.25, 0.3) is 0 Å². The molecule has 0 aromatic heterocycles. The van der Waals surface area contributed by atoms with E-state index in [1.807, 2.05) is 32.0 Å². The van der Waals surface area contributed by atoms with E-state index in [2.05, 4.69) is 0 Å². The van der Waals surface area contributed by atoms with E-state index >= 15 is 0 Å². The standard InChI is InChI=1S/C15H20BO3/c1-14(2,18)15(3,4)19-16-12-7-5-6-11-10(12)8-9-13(11)17/h5-7,18H,8-9H2,1-4H3. The summed E-state index contributed by atoms with van der Waals surface area (Å²) in [6.45, 7) is 7.13. The minimum Gasteiger partial charge on any atom is -0.427 e. The molecule has 0 amide bonds. The predicted molar refractivity (Wildman–Crippen MR) is 75.9 cm³/mol. The zero-order chi connectivity index (χ0) is 14.3. The minimum absolute atomic E-state index is 0.201. The van der Waals surface area contributed by atoms with Crippen LogP contribution in [0.5, 0.6) is 0 Å². The molecule has 1 radical (unpaired) electrons. The highest BCUT2D eigenvalue weighted by atomic mass is 16.5. The van der Waals surface area contributed by atoms with Crippen molar-refractivity contribution in [3.63, 3.8) is 0 Å². The molecule has 1 aromatic carbocycles. The van der Waals surface area contributed by atoms with Gasteiger partial charge in [0.15, 0.2) is 5.78 Å². The summed E-state index contributed by atoms with van der Waals surface area (Å²) in [4.78, 5) is 11.7. The SMILES string of the molecule is CC(C)(O)C(C)(C)O[B]c1cccc2c1CCC2=O. The van der Waals surface area contributed by atoms with Crippen LogP contribution in [-0.4, -0.2) is 29.6 Å². The molecule has 0 atom stereocenters. The Bertz CT molecular complexity index is 501. The maximum atomic E-state index is 11.7. The second-order valence-electron chi connectivity index (χ2n) is 6.10. The average Bonchev–Trinajstić information content (AvgIpc) is 2.68. The molecule has 0 heterocycles. The van der Waals surface area contributed by atoms with Crippen molar-refractivity contribution < 1.29 is 14.6 Å². The van der Waals surface area contributed by atoms with E-state index in [0.717, 1.165) is 23.0 Å². The number of carbonyl (C=O) groups is 1. The molecule has 0 bridgehead atoms. The van der Waals surface area contributed by atoms with Crippen molar-refractivity contribution in [1.82, 2.24) is 0 Å². The summed E-state index contributed by atoms with van der Waals surface area (Å²) < 4.78 is 5.75. The molecule has 1 aromatic rings. The van der Waals surface area contributed by atoms with Gasteiger partial charge < -0.3 is 9.76 Å².